The van der Waals surface area contributed by atoms with Crippen LogP contribution in [0.1, 0.15) is 58.3 Å². The largest absolute Gasteiger partial charge is 0.466 e. The highest BCUT2D eigenvalue weighted by Crippen LogP contribution is 2.52. The van der Waals surface area contributed by atoms with Gasteiger partial charge in [-0.1, -0.05) is 31.9 Å². The minimum Gasteiger partial charge on any atom is -0.466 e. The molecule has 2 amide bonds. The molecule has 0 aromatic carbocycles. The summed E-state index contributed by atoms with van der Waals surface area (Å²) in [5.41, 5.74) is 0. The zero-order valence-electron chi connectivity index (χ0n) is 15.1. The summed E-state index contributed by atoms with van der Waals surface area (Å²) < 4.78 is 5.21. The molecule has 1 heterocycles. The average Bonchev–Trinajstić information content (AvgIpc) is 3.27. The lowest BCUT2D eigenvalue weighted by molar-refractivity contribution is -0.144. The molecule has 1 saturated heterocycles. The molecule has 5 heteroatoms. The second-order valence-electron chi connectivity index (χ2n) is 7.57. The first-order valence-corrected chi connectivity index (χ1v) is 9.82. The van der Waals surface area contributed by atoms with Crippen LogP contribution in [0, 0.1) is 23.7 Å². The summed E-state index contributed by atoms with van der Waals surface area (Å²) in [5, 5.41) is 0. The van der Waals surface area contributed by atoms with E-state index in [0.29, 0.717) is 19.6 Å². The third-order valence-electron chi connectivity index (χ3n) is 5.84. The molecular formula is C20H29NO4. The minimum absolute atomic E-state index is 0.0363. The summed E-state index contributed by atoms with van der Waals surface area (Å²) in [6.45, 7) is 3.05. The monoisotopic (exact) mass is 347 g/mol. The maximum absolute atomic E-state index is 12.5. The maximum atomic E-state index is 12.5. The fourth-order valence-corrected chi connectivity index (χ4v) is 4.51. The predicted molar refractivity (Wildman–Crippen MR) is 93.4 cm³/mol. The van der Waals surface area contributed by atoms with Crippen molar-refractivity contribution in [2.75, 3.05) is 13.2 Å². The molecule has 25 heavy (non-hydrogen) atoms. The van der Waals surface area contributed by atoms with Crippen molar-refractivity contribution >= 4 is 17.8 Å². The molecule has 138 valence electrons. The van der Waals surface area contributed by atoms with Gasteiger partial charge in [0.25, 0.3) is 0 Å². The molecule has 4 atom stereocenters. The van der Waals surface area contributed by atoms with Crippen molar-refractivity contribution in [2.45, 2.75) is 58.3 Å². The third-order valence-corrected chi connectivity index (χ3v) is 5.84. The van der Waals surface area contributed by atoms with Crippen LogP contribution < -0.4 is 0 Å². The highest BCUT2D eigenvalue weighted by Gasteiger charge is 2.58. The van der Waals surface area contributed by atoms with Crippen LogP contribution in [0.5, 0.6) is 0 Å². The summed E-state index contributed by atoms with van der Waals surface area (Å²) in [4.78, 5) is 38.0. The third kappa shape index (κ3) is 3.80. The molecular weight excluding hydrogens is 318 g/mol. The van der Waals surface area contributed by atoms with Gasteiger partial charge in [0.05, 0.1) is 18.4 Å². The van der Waals surface area contributed by atoms with Gasteiger partial charge < -0.3 is 4.74 Å². The Kier molecular flexibility index (Phi) is 5.92. The smallest absolute Gasteiger partial charge is 0.305 e. The molecule has 2 fully saturated rings. The number of amides is 2. The van der Waals surface area contributed by atoms with Crippen LogP contribution >= 0.6 is 0 Å². The van der Waals surface area contributed by atoms with Gasteiger partial charge in [0, 0.05) is 13.0 Å². The lowest BCUT2D eigenvalue weighted by Crippen LogP contribution is -2.33. The zero-order chi connectivity index (χ0) is 17.8. The van der Waals surface area contributed by atoms with E-state index in [0.717, 1.165) is 44.9 Å². The minimum atomic E-state index is -0.117. The van der Waals surface area contributed by atoms with E-state index in [2.05, 4.69) is 19.1 Å². The Hall–Kier alpha value is -1.65. The van der Waals surface area contributed by atoms with Gasteiger partial charge in [-0.15, -0.1) is 0 Å². The van der Waals surface area contributed by atoms with Gasteiger partial charge in [-0.05, 0) is 43.9 Å². The number of fused-ring (bicyclic) bond motifs is 5. The van der Waals surface area contributed by atoms with Crippen LogP contribution in [-0.4, -0.2) is 35.8 Å². The van der Waals surface area contributed by atoms with E-state index in [1.54, 1.807) is 0 Å². The number of carbonyl (C=O) groups excluding carboxylic acids is 3. The summed E-state index contributed by atoms with van der Waals surface area (Å²) in [5.74, 6) is 0.336. The summed E-state index contributed by atoms with van der Waals surface area (Å²) in [6.07, 6.45) is 11.2. The Balaban J connectivity index is 1.31. The molecule has 5 nitrogen and oxygen atoms in total. The van der Waals surface area contributed by atoms with Gasteiger partial charge in [0.2, 0.25) is 11.8 Å². The van der Waals surface area contributed by atoms with Crippen molar-refractivity contribution in [3.8, 4) is 0 Å². The molecule has 0 N–H and O–H groups in total. The van der Waals surface area contributed by atoms with Crippen LogP contribution in [0.3, 0.4) is 0 Å². The van der Waals surface area contributed by atoms with E-state index in [9.17, 15) is 14.4 Å². The van der Waals surface area contributed by atoms with Gasteiger partial charge >= 0.3 is 5.97 Å². The van der Waals surface area contributed by atoms with E-state index in [-0.39, 0.29) is 41.5 Å². The molecule has 1 aliphatic heterocycles. The molecule has 2 aliphatic carbocycles. The Morgan fingerprint density at radius 1 is 1.04 bits per heavy atom. The number of esters is 1. The van der Waals surface area contributed by atoms with Crippen molar-refractivity contribution in [3.63, 3.8) is 0 Å². The Labute approximate surface area is 149 Å². The van der Waals surface area contributed by atoms with Crippen LogP contribution in [0.2, 0.25) is 0 Å². The van der Waals surface area contributed by atoms with Gasteiger partial charge in [-0.2, -0.15) is 0 Å². The summed E-state index contributed by atoms with van der Waals surface area (Å²) in [6, 6.07) is 0. The number of hydrogen-bond acceptors (Lipinski definition) is 4. The molecule has 0 aromatic heterocycles. The number of imide groups is 1. The van der Waals surface area contributed by atoms with E-state index in [1.165, 1.54) is 4.90 Å². The van der Waals surface area contributed by atoms with E-state index in [4.69, 9.17) is 4.74 Å². The highest BCUT2D eigenvalue weighted by atomic mass is 16.5. The van der Waals surface area contributed by atoms with Crippen molar-refractivity contribution in [3.05, 3.63) is 12.2 Å². The Morgan fingerprint density at radius 2 is 1.72 bits per heavy atom. The topological polar surface area (TPSA) is 63.7 Å². The van der Waals surface area contributed by atoms with Crippen molar-refractivity contribution < 1.29 is 19.1 Å². The van der Waals surface area contributed by atoms with Crippen molar-refractivity contribution in [1.82, 2.24) is 4.90 Å². The summed E-state index contributed by atoms with van der Waals surface area (Å²) in [7, 11) is 0. The van der Waals surface area contributed by atoms with E-state index < -0.39 is 0 Å². The number of ether oxygens (including phenoxy) is 1. The second kappa shape index (κ2) is 8.15. The van der Waals surface area contributed by atoms with Gasteiger partial charge in [0.1, 0.15) is 0 Å². The number of likely N-dealkylation sites (tertiary alicyclic amines) is 1. The lowest BCUT2D eigenvalue weighted by atomic mass is 9.85. The van der Waals surface area contributed by atoms with Crippen LogP contribution in [0.4, 0.5) is 0 Å². The van der Waals surface area contributed by atoms with E-state index in [1.807, 2.05) is 0 Å². The first-order chi connectivity index (χ1) is 12.1. The first-order valence-electron chi connectivity index (χ1n) is 9.82. The van der Waals surface area contributed by atoms with Gasteiger partial charge in [0.15, 0.2) is 0 Å². The fourth-order valence-electron chi connectivity index (χ4n) is 4.51. The Bertz CT molecular complexity index is 526. The number of carbonyl (C=O) groups is 3. The summed E-state index contributed by atoms with van der Waals surface area (Å²) >= 11 is 0. The SMILES string of the molecule is CCCCCC(=O)OCCCCCN1C(=O)[C@@H]2[C@H](C1=O)[C@H]1C=C[C@@H]2C1. The molecule has 3 rings (SSSR count). The normalized spacial score (nSPS) is 29.6. The van der Waals surface area contributed by atoms with Gasteiger partial charge in [-0.25, -0.2) is 0 Å². The number of rotatable bonds is 10. The number of hydrogen-bond donors (Lipinski definition) is 0. The molecule has 0 spiro atoms. The van der Waals surface area contributed by atoms with Crippen LogP contribution in [-0.2, 0) is 19.1 Å². The average molecular weight is 347 g/mol. The van der Waals surface area contributed by atoms with Crippen LogP contribution in [0.15, 0.2) is 12.2 Å². The van der Waals surface area contributed by atoms with Gasteiger partial charge in [-0.3, -0.25) is 19.3 Å². The Morgan fingerprint density at radius 3 is 2.36 bits per heavy atom. The standard InChI is InChI=1S/C20H29NO4/c1-2-3-5-8-16(22)25-12-7-4-6-11-21-19(23)17-14-9-10-15(13-14)18(17)20(21)24/h9-10,14-15,17-18H,2-8,11-13H2,1H3/t14-,15+,17+,18-. The van der Waals surface area contributed by atoms with E-state index >= 15 is 0 Å². The predicted octanol–water partition coefficient (Wildman–Crippen LogP) is 3.09. The fraction of sp³-hybridized carbons (Fsp3) is 0.750. The number of allylic oxidation sites excluding steroid dienone is 2. The maximum Gasteiger partial charge on any atom is 0.305 e. The molecule has 0 unspecified atom stereocenters. The van der Waals surface area contributed by atoms with Crippen molar-refractivity contribution in [2.24, 2.45) is 23.7 Å². The molecule has 3 aliphatic rings. The molecule has 1 saturated carbocycles. The van der Waals surface area contributed by atoms with Crippen molar-refractivity contribution in [1.29, 1.82) is 0 Å². The lowest BCUT2D eigenvalue weighted by Gasteiger charge is -2.17. The number of nitrogens with zero attached hydrogens (tertiary/aromatic N) is 1. The molecule has 2 bridgehead atoms. The second-order valence-corrected chi connectivity index (χ2v) is 7.57. The quantitative estimate of drug-likeness (QED) is 0.264. The van der Waals surface area contributed by atoms with Crippen LogP contribution in [0.25, 0.3) is 0 Å². The zero-order valence-corrected chi connectivity index (χ0v) is 15.1. The first kappa shape index (κ1) is 18.2. The molecule has 0 radical (unpaired) electrons. The highest BCUT2D eigenvalue weighted by molar-refractivity contribution is 6.06. The number of unbranched alkanes of at least 4 members (excludes halogenated alkanes) is 4. The molecule has 0 aromatic rings.